The van der Waals surface area contributed by atoms with Crippen molar-refractivity contribution in [2.75, 3.05) is 5.32 Å². The average molecular weight is 361 g/mol. The molecule has 3 rings (SSSR count). The normalized spacial score (nSPS) is 10.5. The number of rotatable bonds is 7. The van der Waals surface area contributed by atoms with Crippen LogP contribution in [0.1, 0.15) is 29.8 Å². The Morgan fingerprint density at radius 1 is 1.00 bits per heavy atom. The minimum Gasteiger partial charge on any atom is -0.491 e. The number of nitrogens with zero attached hydrogens (tertiary/aromatic N) is 1. The molecule has 0 atom stereocenters. The summed E-state index contributed by atoms with van der Waals surface area (Å²) in [6.45, 7) is 4.48. The minimum absolute atomic E-state index is 0.144. The molecule has 138 valence electrons. The summed E-state index contributed by atoms with van der Waals surface area (Å²) in [7, 11) is 0. The summed E-state index contributed by atoms with van der Waals surface area (Å²) in [6, 6.07) is 21.0. The van der Waals surface area contributed by atoms with Gasteiger partial charge in [0.1, 0.15) is 11.6 Å². The van der Waals surface area contributed by atoms with Gasteiger partial charge in [0, 0.05) is 18.4 Å². The van der Waals surface area contributed by atoms with Crippen LogP contribution >= 0.6 is 0 Å². The molecule has 0 fully saturated rings. The number of benzene rings is 2. The minimum atomic E-state index is -0.145. The van der Waals surface area contributed by atoms with Gasteiger partial charge in [-0.05, 0) is 55.8 Å². The van der Waals surface area contributed by atoms with Gasteiger partial charge in [-0.2, -0.15) is 0 Å². The summed E-state index contributed by atoms with van der Waals surface area (Å²) < 4.78 is 5.63. The average Bonchev–Trinajstić information content (AvgIpc) is 2.69. The molecule has 0 aliphatic carbocycles. The highest BCUT2D eigenvalue weighted by atomic mass is 16.5. The van der Waals surface area contributed by atoms with Crippen molar-refractivity contribution in [2.45, 2.75) is 26.5 Å². The van der Waals surface area contributed by atoms with E-state index in [0.717, 1.165) is 17.0 Å². The van der Waals surface area contributed by atoms with Crippen LogP contribution < -0.4 is 15.4 Å². The predicted molar refractivity (Wildman–Crippen MR) is 107 cm³/mol. The lowest BCUT2D eigenvalue weighted by Crippen LogP contribution is -2.22. The Kier molecular flexibility index (Phi) is 6.05. The number of aromatic nitrogens is 1. The molecule has 0 aliphatic heterocycles. The zero-order valence-electron chi connectivity index (χ0n) is 15.5. The highest BCUT2D eigenvalue weighted by Gasteiger charge is 2.06. The number of hydrogen-bond acceptors (Lipinski definition) is 4. The van der Waals surface area contributed by atoms with Gasteiger partial charge in [-0.25, -0.2) is 4.98 Å². The smallest absolute Gasteiger partial charge is 0.253 e. The third-order valence-electron chi connectivity index (χ3n) is 3.82. The van der Waals surface area contributed by atoms with Crippen LogP contribution in [0.2, 0.25) is 0 Å². The first-order valence-corrected chi connectivity index (χ1v) is 8.92. The molecule has 1 heterocycles. The van der Waals surface area contributed by atoms with E-state index in [4.69, 9.17) is 4.74 Å². The van der Waals surface area contributed by atoms with Gasteiger partial charge in [0.15, 0.2) is 0 Å². The first kappa shape index (κ1) is 18.5. The molecule has 2 aromatic carbocycles. The van der Waals surface area contributed by atoms with Crippen molar-refractivity contribution in [1.82, 2.24) is 10.3 Å². The molecule has 3 aromatic rings. The molecule has 0 bridgehead atoms. The van der Waals surface area contributed by atoms with Crippen molar-refractivity contribution in [1.29, 1.82) is 0 Å². The number of hydrogen-bond donors (Lipinski definition) is 2. The molecule has 0 saturated carbocycles. The maximum absolute atomic E-state index is 12.2. The van der Waals surface area contributed by atoms with Crippen LogP contribution in [-0.4, -0.2) is 17.0 Å². The number of amides is 1. The maximum Gasteiger partial charge on any atom is 0.253 e. The molecule has 2 N–H and O–H groups in total. The summed E-state index contributed by atoms with van der Waals surface area (Å²) in [5.41, 5.74) is 2.49. The number of carbonyl (C=O) groups is 1. The Morgan fingerprint density at radius 2 is 1.74 bits per heavy atom. The molecule has 5 heteroatoms. The van der Waals surface area contributed by atoms with E-state index in [0.29, 0.717) is 17.9 Å². The van der Waals surface area contributed by atoms with Crippen molar-refractivity contribution in [3.63, 3.8) is 0 Å². The van der Waals surface area contributed by atoms with Crippen molar-refractivity contribution in [3.8, 4) is 5.75 Å². The molecule has 5 nitrogen and oxygen atoms in total. The van der Waals surface area contributed by atoms with E-state index in [-0.39, 0.29) is 12.0 Å². The third-order valence-corrected chi connectivity index (χ3v) is 3.82. The predicted octanol–water partition coefficient (Wildman–Crippen LogP) is 4.54. The molecule has 0 aliphatic rings. The van der Waals surface area contributed by atoms with E-state index in [1.165, 1.54) is 0 Å². The standard InChI is InChI=1S/C22H23N3O2/c1-16(2)27-20-11-9-19(10-12-20)25-21-13-8-18(15-23-21)22(26)24-14-17-6-4-3-5-7-17/h3-13,15-16H,14H2,1-2H3,(H,23,25)(H,24,26). The van der Waals surface area contributed by atoms with Crippen LogP contribution in [-0.2, 0) is 6.54 Å². The van der Waals surface area contributed by atoms with E-state index in [1.807, 2.05) is 68.4 Å². The monoisotopic (exact) mass is 361 g/mol. The molecule has 0 spiro atoms. The fourth-order valence-electron chi connectivity index (χ4n) is 2.52. The van der Waals surface area contributed by atoms with Crippen molar-refractivity contribution in [3.05, 3.63) is 84.1 Å². The summed E-state index contributed by atoms with van der Waals surface area (Å²) in [6.07, 6.45) is 1.71. The van der Waals surface area contributed by atoms with Gasteiger partial charge in [0.2, 0.25) is 0 Å². The van der Waals surface area contributed by atoms with Crippen LogP contribution in [0.4, 0.5) is 11.5 Å². The Bertz CT molecular complexity index is 860. The Balaban J connectivity index is 1.55. The van der Waals surface area contributed by atoms with Gasteiger partial charge in [-0.15, -0.1) is 0 Å². The number of carbonyl (C=O) groups excluding carboxylic acids is 1. The van der Waals surface area contributed by atoms with Crippen LogP contribution in [0.5, 0.6) is 5.75 Å². The Labute approximate surface area is 159 Å². The molecular formula is C22H23N3O2. The zero-order valence-corrected chi connectivity index (χ0v) is 15.5. The molecule has 0 radical (unpaired) electrons. The SMILES string of the molecule is CC(C)Oc1ccc(Nc2ccc(C(=O)NCc3ccccc3)cn2)cc1. The second kappa shape index (κ2) is 8.85. The van der Waals surface area contributed by atoms with Gasteiger partial charge >= 0.3 is 0 Å². The lowest BCUT2D eigenvalue weighted by atomic mass is 10.2. The first-order valence-electron chi connectivity index (χ1n) is 8.92. The second-order valence-electron chi connectivity index (χ2n) is 6.42. The van der Waals surface area contributed by atoms with Gasteiger partial charge in [0.05, 0.1) is 11.7 Å². The van der Waals surface area contributed by atoms with Gasteiger partial charge in [-0.3, -0.25) is 4.79 Å². The lowest BCUT2D eigenvalue weighted by molar-refractivity contribution is 0.0950. The van der Waals surface area contributed by atoms with E-state index in [9.17, 15) is 4.79 Å². The molecule has 0 unspecified atom stereocenters. The molecule has 1 amide bonds. The van der Waals surface area contributed by atoms with E-state index < -0.39 is 0 Å². The van der Waals surface area contributed by atoms with Crippen LogP contribution in [0, 0.1) is 0 Å². The van der Waals surface area contributed by atoms with Crippen molar-refractivity contribution in [2.24, 2.45) is 0 Å². The highest BCUT2D eigenvalue weighted by molar-refractivity contribution is 5.94. The number of ether oxygens (including phenoxy) is 1. The van der Waals surface area contributed by atoms with Gasteiger partial charge in [-0.1, -0.05) is 30.3 Å². The highest BCUT2D eigenvalue weighted by Crippen LogP contribution is 2.20. The van der Waals surface area contributed by atoms with Gasteiger partial charge in [0.25, 0.3) is 5.91 Å². The summed E-state index contributed by atoms with van der Waals surface area (Å²) >= 11 is 0. The fraction of sp³-hybridized carbons (Fsp3) is 0.182. The first-order chi connectivity index (χ1) is 13.1. The van der Waals surface area contributed by atoms with Crippen LogP contribution in [0.25, 0.3) is 0 Å². The second-order valence-corrected chi connectivity index (χ2v) is 6.42. The summed E-state index contributed by atoms with van der Waals surface area (Å²) in [4.78, 5) is 16.5. The van der Waals surface area contributed by atoms with Crippen molar-refractivity contribution >= 4 is 17.4 Å². The lowest BCUT2D eigenvalue weighted by Gasteiger charge is -2.11. The van der Waals surface area contributed by atoms with E-state index >= 15 is 0 Å². The van der Waals surface area contributed by atoms with Crippen LogP contribution in [0.3, 0.4) is 0 Å². The Morgan fingerprint density at radius 3 is 2.37 bits per heavy atom. The molecular weight excluding hydrogens is 338 g/mol. The topological polar surface area (TPSA) is 63.2 Å². The summed E-state index contributed by atoms with van der Waals surface area (Å²) in [5, 5.41) is 6.10. The molecule has 27 heavy (non-hydrogen) atoms. The largest absolute Gasteiger partial charge is 0.491 e. The fourth-order valence-corrected chi connectivity index (χ4v) is 2.52. The number of anilines is 2. The molecule has 1 aromatic heterocycles. The van der Waals surface area contributed by atoms with E-state index in [2.05, 4.69) is 15.6 Å². The number of pyridine rings is 1. The quantitative estimate of drug-likeness (QED) is 0.648. The molecule has 0 saturated heterocycles. The zero-order chi connectivity index (χ0) is 19.1. The maximum atomic E-state index is 12.2. The van der Waals surface area contributed by atoms with E-state index in [1.54, 1.807) is 18.3 Å². The Hall–Kier alpha value is -3.34. The van der Waals surface area contributed by atoms with Gasteiger partial charge < -0.3 is 15.4 Å². The summed E-state index contributed by atoms with van der Waals surface area (Å²) in [5.74, 6) is 1.36. The number of nitrogens with one attached hydrogen (secondary N) is 2. The van der Waals surface area contributed by atoms with Crippen molar-refractivity contribution < 1.29 is 9.53 Å². The third kappa shape index (κ3) is 5.57. The van der Waals surface area contributed by atoms with Crippen LogP contribution in [0.15, 0.2) is 72.9 Å².